The molecular formula is C13H25N3O2. The van der Waals surface area contributed by atoms with Crippen LogP contribution in [0.4, 0.5) is 0 Å². The molecule has 0 spiro atoms. The highest BCUT2D eigenvalue weighted by molar-refractivity contribution is 4.95. The lowest BCUT2D eigenvalue weighted by molar-refractivity contribution is 0.0217. The Kier molecular flexibility index (Phi) is 6.29. The Hall–Kier alpha value is -0.940. The van der Waals surface area contributed by atoms with Crippen molar-refractivity contribution in [2.45, 2.75) is 53.2 Å². The monoisotopic (exact) mass is 255 g/mol. The topological polar surface area (TPSA) is 60.2 Å². The molecule has 104 valence electrons. The molecule has 0 aliphatic rings. The number of hydrogen-bond donors (Lipinski definition) is 1. The Morgan fingerprint density at radius 1 is 1.28 bits per heavy atom. The largest absolute Gasteiger partial charge is 0.370 e. The number of hydrogen-bond acceptors (Lipinski definition) is 5. The van der Waals surface area contributed by atoms with Gasteiger partial charge in [0.1, 0.15) is 6.10 Å². The first-order valence-corrected chi connectivity index (χ1v) is 6.78. The molecule has 1 aromatic rings. The van der Waals surface area contributed by atoms with Crippen LogP contribution in [0, 0.1) is 5.92 Å². The highest BCUT2D eigenvalue weighted by Crippen LogP contribution is 2.24. The molecule has 0 aliphatic carbocycles. The van der Waals surface area contributed by atoms with Crippen molar-refractivity contribution in [3.05, 3.63) is 11.7 Å². The Bertz CT molecular complexity index is 339. The molecule has 5 nitrogen and oxygen atoms in total. The zero-order valence-electron chi connectivity index (χ0n) is 12.1. The smallest absolute Gasteiger partial charge is 0.243 e. The van der Waals surface area contributed by atoms with E-state index in [1.165, 1.54) is 0 Å². The van der Waals surface area contributed by atoms with Crippen LogP contribution in [-0.4, -0.2) is 23.3 Å². The normalized spacial score (nSPS) is 15.0. The van der Waals surface area contributed by atoms with E-state index in [9.17, 15) is 0 Å². The van der Waals surface area contributed by atoms with E-state index in [1.807, 2.05) is 13.8 Å². The summed E-state index contributed by atoms with van der Waals surface area (Å²) in [6.45, 7) is 11.9. The Balaban J connectivity index is 2.71. The summed E-state index contributed by atoms with van der Waals surface area (Å²) in [5, 5.41) is 7.36. The van der Waals surface area contributed by atoms with Crippen LogP contribution in [0.25, 0.3) is 0 Å². The second-order valence-corrected chi connectivity index (χ2v) is 4.79. The number of nitrogens with one attached hydrogen (secondary N) is 1. The summed E-state index contributed by atoms with van der Waals surface area (Å²) in [7, 11) is 0. The summed E-state index contributed by atoms with van der Waals surface area (Å²) in [4.78, 5) is 4.44. The van der Waals surface area contributed by atoms with Gasteiger partial charge in [0.15, 0.2) is 0 Å². The molecule has 0 aromatic carbocycles. The molecule has 2 atom stereocenters. The van der Waals surface area contributed by atoms with Gasteiger partial charge in [-0.25, -0.2) is 0 Å². The van der Waals surface area contributed by atoms with Gasteiger partial charge in [0.25, 0.3) is 0 Å². The first-order valence-electron chi connectivity index (χ1n) is 6.78. The number of aromatic nitrogens is 2. The Labute approximate surface area is 109 Å². The summed E-state index contributed by atoms with van der Waals surface area (Å²) in [6, 6.07) is 0.0839. The van der Waals surface area contributed by atoms with E-state index >= 15 is 0 Å². The van der Waals surface area contributed by atoms with Crippen molar-refractivity contribution in [2.75, 3.05) is 13.2 Å². The molecular weight excluding hydrogens is 230 g/mol. The number of ether oxygens (including phenoxy) is 1. The third kappa shape index (κ3) is 4.07. The van der Waals surface area contributed by atoms with Crippen molar-refractivity contribution < 1.29 is 9.26 Å². The average molecular weight is 255 g/mol. The van der Waals surface area contributed by atoms with Crippen LogP contribution >= 0.6 is 0 Å². The summed E-state index contributed by atoms with van der Waals surface area (Å²) in [5.41, 5.74) is 0. The predicted octanol–water partition coefficient (Wildman–Crippen LogP) is 2.86. The van der Waals surface area contributed by atoms with Gasteiger partial charge in [-0.05, 0) is 32.7 Å². The summed E-state index contributed by atoms with van der Waals surface area (Å²) < 4.78 is 11.0. The zero-order valence-corrected chi connectivity index (χ0v) is 12.1. The van der Waals surface area contributed by atoms with Gasteiger partial charge in [-0.1, -0.05) is 25.9 Å². The first-order chi connectivity index (χ1) is 8.60. The fourth-order valence-electron chi connectivity index (χ4n) is 1.73. The van der Waals surface area contributed by atoms with Crippen molar-refractivity contribution in [1.82, 2.24) is 15.5 Å². The van der Waals surface area contributed by atoms with E-state index in [0.29, 0.717) is 24.2 Å². The van der Waals surface area contributed by atoms with Crippen molar-refractivity contribution >= 4 is 0 Å². The molecule has 18 heavy (non-hydrogen) atoms. The van der Waals surface area contributed by atoms with Gasteiger partial charge in [0.05, 0.1) is 6.04 Å². The van der Waals surface area contributed by atoms with E-state index in [0.717, 1.165) is 13.0 Å². The van der Waals surface area contributed by atoms with Crippen LogP contribution in [0.3, 0.4) is 0 Å². The van der Waals surface area contributed by atoms with Crippen molar-refractivity contribution in [1.29, 1.82) is 0 Å². The third-order valence-corrected chi connectivity index (χ3v) is 2.73. The molecule has 0 bridgehead atoms. The lowest BCUT2D eigenvalue weighted by atomic mass is 10.1. The second kappa shape index (κ2) is 7.48. The van der Waals surface area contributed by atoms with Crippen molar-refractivity contribution in [2.24, 2.45) is 5.92 Å². The lowest BCUT2D eigenvalue weighted by Gasteiger charge is -2.16. The van der Waals surface area contributed by atoms with Gasteiger partial charge in [0.2, 0.25) is 11.7 Å². The average Bonchev–Trinajstić information content (AvgIpc) is 2.81. The quantitative estimate of drug-likeness (QED) is 0.774. The molecule has 5 heteroatoms. The maximum Gasteiger partial charge on any atom is 0.243 e. The van der Waals surface area contributed by atoms with Crippen LogP contribution in [-0.2, 0) is 4.74 Å². The zero-order chi connectivity index (χ0) is 13.5. The minimum atomic E-state index is -0.0918. The lowest BCUT2D eigenvalue weighted by Crippen LogP contribution is -2.20. The first kappa shape index (κ1) is 15.1. The Morgan fingerprint density at radius 3 is 2.56 bits per heavy atom. The van der Waals surface area contributed by atoms with Crippen LogP contribution in [0.2, 0.25) is 0 Å². The van der Waals surface area contributed by atoms with Crippen molar-refractivity contribution in [3.63, 3.8) is 0 Å². The van der Waals surface area contributed by atoms with Crippen LogP contribution in [0.1, 0.15) is 64.9 Å². The molecule has 2 unspecified atom stereocenters. The fourth-order valence-corrected chi connectivity index (χ4v) is 1.73. The van der Waals surface area contributed by atoms with Crippen LogP contribution < -0.4 is 5.32 Å². The van der Waals surface area contributed by atoms with Gasteiger partial charge >= 0.3 is 0 Å². The predicted molar refractivity (Wildman–Crippen MR) is 70.2 cm³/mol. The van der Waals surface area contributed by atoms with E-state index in [-0.39, 0.29) is 12.1 Å². The molecule has 0 amide bonds. The number of rotatable bonds is 8. The van der Waals surface area contributed by atoms with Gasteiger partial charge in [-0.15, -0.1) is 0 Å². The summed E-state index contributed by atoms with van der Waals surface area (Å²) in [5.74, 6) is 1.60. The minimum absolute atomic E-state index is 0.0839. The maximum absolute atomic E-state index is 5.66. The summed E-state index contributed by atoms with van der Waals surface area (Å²) >= 11 is 0. The molecule has 0 aliphatic heterocycles. The Morgan fingerprint density at radius 2 is 2.00 bits per heavy atom. The third-order valence-electron chi connectivity index (χ3n) is 2.73. The standard InChI is InChI=1S/C13H25N3O2/c1-6-8-14-10(5)13-15-12(16-18-13)11(9(3)4)17-7-2/h9-11,14H,6-8H2,1-5H3. The highest BCUT2D eigenvalue weighted by atomic mass is 16.5. The molecule has 1 aromatic heterocycles. The number of nitrogens with zero attached hydrogens (tertiary/aromatic N) is 2. The summed E-state index contributed by atoms with van der Waals surface area (Å²) in [6.07, 6.45) is 0.990. The van der Waals surface area contributed by atoms with Crippen LogP contribution in [0.5, 0.6) is 0 Å². The van der Waals surface area contributed by atoms with Gasteiger partial charge in [-0.2, -0.15) is 4.98 Å². The van der Waals surface area contributed by atoms with Crippen LogP contribution in [0.15, 0.2) is 4.52 Å². The molecule has 0 radical (unpaired) electrons. The SMILES string of the molecule is CCCNC(C)c1nc(C(OCC)C(C)C)no1. The molecule has 1 heterocycles. The molecule has 1 N–H and O–H groups in total. The van der Waals surface area contributed by atoms with Crippen molar-refractivity contribution in [3.8, 4) is 0 Å². The van der Waals surface area contributed by atoms with E-state index < -0.39 is 0 Å². The molecule has 1 rings (SSSR count). The molecule has 0 saturated carbocycles. The highest BCUT2D eigenvalue weighted by Gasteiger charge is 2.23. The second-order valence-electron chi connectivity index (χ2n) is 4.79. The van der Waals surface area contributed by atoms with Gasteiger partial charge in [-0.3, -0.25) is 0 Å². The maximum atomic E-state index is 5.66. The molecule has 0 saturated heterocycles. The van der Waals surface area contributed by atoms with E-state index in [2.05, 4.69) is 36.2 Å². The minimum Gasteiger partial charge on any atom is -0.370 e. The van der Waals surface area contributed by atoms with Gasteiger partial charge < -0.3 is 14.6 Å². The van der Waals surface area contributed by atoms with E-state index in [1.54, 1.807) is 0 Å². The van der Waals surface area contributed by atoms with E-state index in [4.69, 9.17) is 9.26 Å². The fraction of sp³-hybridized carbons (Fsp3) is 0.846. The van der Waals surface area contributed by atoms with Gasteiger partial charge in [0, 0.05) is 6.61 Å². The molecule has 0 fully saturated rings.